The molecule has 4 rings (SSSR count). The van der Waals surface area contributed by atoms with Gasteiger partial charge in [-0.25, -0.2) is 0 Å². The van der Waals surface area contributed by atoms with Gasteiger partial charge in [0.05, 0.1) is 11.5 Å². The molecule has 2 aromatic carbocycles. The van der Waals surface area contributed by atoms with Gasteiger partial charge in [-0.3, -0.25) is 4.79 Å². The minimum Gasteiger partial charge on any atom is -0.484 e. The third kappa shape index (κ3) is 5.21. The Morgan fingerprint density at radius 1 is 1.12 bits per heavy atom. The monoisotopic (exact) mass is 465 g/mol. The number of ether oxygens (including phenoxy) is 1. The Labute approximate surface area is 186 Å². The summed E-state index contributed by atoms with van der Waals surface area (Å²) in [5.41, 5.74) is -0.347. The summed E-state index contributed by atoms with van der Waals surface area (Å²) < 4.78 is 49.5. The molecule has 2 heterocycles. The Morgan fingerprint density at radius 2 is 1.84 bits per heavy atom. The summed E-state index contributed by atoms with van der Waals surface area (Å²) in [6.45, 7) is 0.894. The lowest BCUT2D eigenvalue weighted by molar-refractivity contribution is -0.137. The van der Waals surface area contributed by atoms with E-state index in [-0.39, 0.29) is 24.3 Å². The standard InChI is InChI=1S/C22H19ClF3N3O3/c23-17-7-9-18(10-8-17)31-13-19(30)29-11-1-2-15(12-29)21-28-27-20(32-21)14-3-5-16(6-4-14)22(24,25)26/h3-10,15H,1-2,11-13H2. The molecule has 1 amide bonds. The van der Waals surface area contributed by atoms with Gasteiger partial charge in [-0.2, -0.15) is 13.2 Å². The van der Waals surface area contributed by atoms with Crippen LogP contribution in [-0.4, -0.2) is 40.7 Å². The van der Waals surface area contributed by atoms with Crippen LogP contribution in [0.15, 0.2) is 52.9 Å². The normalized spacial score (nSPS) is 16.8. The van der Waals surface area contributed by atoms with Gasteiger partial charge in [0.15, 0.2) is 6.61 Å². The van der Waals surface area contributed by atoms with Gasteiger partial charge in [0.25, 0.3) is 5.91 Å². The Kier molecular flexibility index (Phi) is 6.36. The van der Waals surface area contributed by atoms with Gasteiger partial charge in [0.2, 0.25) is 11.8 Å². The van der Waals surface area contributed by atoms with Crippen LogP contribution in [-0.2, 0) is 11.0 Å². The zero-order valence-corrected chi connectivity index (χ0v) is 17.6. The lowest BCUT2D eigenvalue weighted by Crippen LogP contribution is -2.41. The Hall–Kier alpha value is -3.07. The molecule has 0 spiro atoms. The van der Waals surface area contributed by atoms with Crippen molar-refractivity contribution in [2.24, 2.45) is 0 Å². The molecule has 1 aliphatic rings. The highest BCUT2D eigenvalue weighted by molar-refractivity contribution is 6.30. The van der Waals surface area contributed by atoms with Crippen molar-refractivity contribution in [2.45, 2.75) is 24.9 Å². The molecule has 32 heavy (non-hydrogen) atoms. The van der Waals surface area contributed by atoms with E-state index in [1.165, 1.54) is 12.1 Å². The SMILES string of the molecule is O=C(COc1ccc(Cl)cc1)N1CCCC(c2nnc(-c3ccc(C(F)(F)F)cc3)o2)C1. The third-order valence-electron chi connectivity index (χ3n) is 5.20. The number of nitrogens with zero attached hydrogens (tertiary/aromatic N) is 3. The first-order valence-corrected chi connectivity index (χ1v) is 10.3. The number of piperidine rings is 1. The summed E-state index contributed by atoms with van der Waals surface area (Å²) in [5.74, 6) is 0.736. The van der Waals surface area contributed by atoms with Crippen LogP contribution in [0.4, 0.5) is 13.2 Å². The van der Waals surface area contributed by atoms with E-state index >= 15 is 0 Å². The number of hydrogen-bond donors (Lipinski definition) is 0. The summed E-state index contributed by atoms with van der Waals surface area (Å²) in [5, 5.41) is 8.61. The van der Waals surface area contributed by atoms with Crippen molar-refractivity contribution in [3.63, 3.8) is 0 Å². The molecule has 3 aromatic rings. The summed E-state index contributed by atoms with van der Waals surface area (Å²) in [6, 6.07) is 11.3. The third-order valence-corrected chi connectivity index (χ3v) is 5.45. The Morgan fingerprint density at radius 3 is 2.53 bits per heavy atom. The number of benzene rings is 2. The smallest absolute Gasteiger partial charge is 0.416 e. The van der Waals surface area contributed by atoms with Crippen LogP contribution in [0.2, 0.25) is 5.02 Å². The second-order valence-electron chi connectivity index (χ2n) is 7.44. The predicted octanol–water partition coefficient (Wildman–Crippen LogP) is 5.19. The topological polar surface area (TPSA) is 68.5 Å². The van der Waals surface area contributed by atoms with E-state index in [4.69, 9.17) is 20.8 Å². The fraction of sp³-hybridized carbons (Fsp3) is 0.318. The van der Waals surface area contributed by atoms with Crippen LogP contribution >= 0.6 is 11.6 Å². The van der Waals surface area contributed by atoms with E-state index in [0.29, 0.717) is 35.3 Å². The summed E-state index contributed by atoms with van der Waals surface area (Å²) in [4.78, 5) is 14.3. The predicted molar refractivity (Wildman–Crippen MR) is 110 cm³/mol. The zero-order chi connectivity index (χ0) is 22.7. The quantitative estimate of drug-likeness (QED) is 0.518. The molecular weight excluding hydrogens is 447 g/mol. The van der Waals surface area contributed by atoms with E-state index in [1.54, 1.807) is 29.2 Å². The van der Waals surface area contributed by atoms with Crippen LogP contribution in [0, 0.1) is 0 Å². The van der Waals surface area contributed by atoms with Crippen LogP contribution in [0.3, 0.4) is 0 Å². The summed E-state index contributed by atoms with van der Waals surface area (Å²) >= 11 is 5.84. The number of carbonyl (C=O) groups is 1. The highest BCUT2D eigenvalue weighted by Gasteiger charge is 2.31. The molecule has 0 aliphatic carbocycles. The number of rotatable bonds is 5. The largest absolute Gasteiger partial charge is 0.484 e. The molecule has 10 heteroatoms. The maximum atomic E-state index is 12.7. The fourth-order valence-electron chi connectivity index (χ4n) is 3.49. The van der Waals surface area contributed by atoms with Crippen molar-refractivity contribution in [1.82, 2.24) is 15.1 Å². The van der Waals surface area contributed by atoms with Crippen LogP contribution < -0.4 is 4.74 Å². The number of halogens is 4. The highest BCUT2D eigenvalue weighted by Crippen LogP contribution is 2.32. The van der Waals surface area contributed by atoms with Gasteiger partial charge in [-0.15, -0.1) is 10.2 Å². The van der Waals surface area contributed by atoms with Gasteiger partial charge >= 0.3 is 6.18 Å². The maximum Gasteiger partial charge on any atom is 0.416 e. The van der Waals surface area contributed by atoms with Crippen molar-refractivity contribution in [3.8, 4) is 17.2 Å². The molecule has 1 unspecified atom stereocenters. The number of hydrogen-bond acceptors (Lipinski definition) is 5. The van der Waals surface area contributed by atoms with E-state index in [0.717, 1.165) is 25.0 Å². The first kappa shape index (κ1) is 22.1. The van der Waals surface area contributed by atoms with Gasteiger partial charge < -0.3 is 14.1 Å². The minimum absolute atomic E-state index is 0.102. The van der Waals surface area contributed by atoms with Gasteiger partial charge in [0.1, 0.15) is 5.75 Å². The highest BCUT2D eigenvalue weighted by atomic mass is 35.5. The number of carbonyl (C=O) groups excluding carboxylic acids is 1. The molecule has 1 saturated heterocycles. The van der Waals surface area contributed by atoms with E-state index in [1.807, 2.05) is 0 Å². The molecule has 0 N–H and O–H groups in total. The maximum absolute atomic E-state index is 12.7. The van der Waals surface area contributed by atoms with Crippen molar-refractivity contribution < 1.29 is 27.1 Å². The molecule has 1 aliphatic heterocycles. The molecule has 0 bridgehead atoms. The minimum atomic E-state index is -4.41. The summed E-state index contributed by atoms with van der Waals surface area (Å²) in [7, 11) is 0. The van der Waals surface area contributed by atoms with Crippen molar-refractivity contribution in [1.29, 1.82) is 0 Å². The zero-order valence-electron chi connectivity index (χ0n) is 16.8. The molecule has 0 radical (unpaired) electrons. The van der Waals surface area contributed by atoms with E-state index in [2.05, 4.69) is 10.2 Å². The Balaban J connectivity index is 1.37. The van der Waals surface area contributed by atoms with Crippen molar-refractivity contribution in [3.05, 3.63) is 65.0 Å². The van der Waals surface area contributed by atoms with Crippen LogP contribution in [0.5, 0.6) is 5.75 Å². The average Bonchev–Trinajstić information content (AvgIpc) is 3.28. The number of likely N-dealkylation sites (tertiary alicyclic amines) is 1. The summed E-state index contributed by atoms with van der Waals surface area (Å²) in [6.07, 6.45) is -2.89. The van der Waals surface area contributed by atoms with Crippen LogP contribution in [0.1, 0.15) is 30.2 Å². The fourth-order valence-corrected chi connectivity index (χ4v) is 3.62. The molecule has 1 atom stereocenters. The first-order chi connectivity index (χ1) is 15.3. The van der Waals surface area contributed by atoms with Crippen LogP contribution in [0.25, 0.3) is 11.5 Å². The van der Waals surface area contributed by atoms with E-state index < -0.39 is 11.7 Å². The number of aromatic nitrogens is 2. The van der Waals surface area contributed by atoms with Gasteiger partial charge in [-0.1, -0.05) is 11.6 Å². The van der Waals surface area contributed by atoms with E-state index in [9.17, 15) is 18.0 Å². The molecule has 1 aromatic heterocycles. The van der Waals surface area contributed by atoms with Gasteiger partial charge in [0, 0.05) is 23.7 Å². The molecule has 1 fully saturated rings. The lowest BCUT2D eigenvalue weighted by atomic mass is 9.98. The van der Waals surface area contributed by atoms with Crippen molar-refractivity contribution in [2.75, 3.05) is 19.7 Å². The molecule has 6 nitrogen and oxygen atoms in total. The average molecular weight is 466 g/mol. The molecular formula is C22H19ClF3N3O3. The lowest BCUT2D eigenvalue weighted by Gasteiger charge is -2.31. The first-order valence-electron chi connectivity index (χ1n) is 9.97. The molecule has 168 valence electrons. The van der Waals surface area contributed by atoms with Crippen molar-refractivity contribution >= 4 is 17.5 Å². The second kappa shape index (κ2) is 9.20. The Bertz CT molecular complexity index is 1070. The number of alkyl halides is 3. The molecule has 0 saturated carbocycles. The number of amides is 1. The van der Waals surface area contributed by atoms with Gasteiger partial charge in [-0.05, 0) is 61.4 Å². The second-order valence-corrected chi connectivity index (χ2v) is 7.88.